The SMILES string of the molecule is O=C(Cn1nnc(-c2ccccc2)n1)N1CCCC1. The van der Waals surface area contributed by atoms with Gasteiger partial charge in [0.2, 0.25) is 11.7 Å². The van der Waals surface area contributed by atoms with E-state index < -0.39 is 0 Å². The van der Waals surface area contributed by atoms with Gasteiger partial charge in [0.25, 0.3) is 0 Å². The Labute approximate surface area is 111 Å². The van der Waals surface area contributed by atoms with E-state index in [0.717, 1.165) is 31.5 Å². The number of carbonyl (C=O) groups is 1. The van der Waals surface area contributed by atoms with Crippen LogP contribution in [0.3, 0.4) is 0 Å². The number of carbonyl (C=O) groups excluding carboxylic acids is 1. The number of likely N-dealkylation sites (tertiary alicyclic amines) is 1. The highest BCUT2D eigenvalue weighted by atomic mass is 16.2. The van der Waals surface area contributed by atoms with E-state index in [9.17, 15) is 4.79 Å². The first-order valence-electron chi connectivity index (χ1n) is 6.44. The zero-order valence-corrected chi connectivity index (χ0v) is 10.6. The van der Waals surface area contributed by atoms with Crippen LogP contribution in [0.4, 0.5) is 0 Å². The summed E-state index contributed by atoms with van der Waals surface area (Å²) in [6, 6.07) is 9.62. The van der Waals surface area contributed by atoms with Crippen molar-refractivity contribution < 1.29 is 4.79 Å². The maximum Gasteiger partial charge on any atom is 0.246 e. The molecule has 0 unspecified atom stereocenters. The van der Waals surface area contributed by atoms with Gasteiger partial charge in [-0.1, -0.05) is 30.3 Å². The second kappa shape index (κ2) is 5.17. The number of nitrogens with zero attached hydrogens (tertiary/aromatic N) is 5. The molecule has 6 nitrogen and oxygen atoms in total. The van der Waals surface area contributed by atoms with Gasteiger partial charge in [-0.25, -0.2) is 0 Å². The lowest BCUT2D eigenvalue weighted by molar-refractivity contribution is -0.131. The molecule has 0 atom stereocenters. The molecule has 2 aromatic rings. The van der Waals surface area contributed by atoms with Crippen molar-refractivity contribution in [2.24, 2.45) is 0 Å². The van der Waals surface area contributed by atoms with Crippen LogP contribution in [0.25, 0.3) is 11.4 Å². The molecule has 0 N–H and O–H groups in total. The average molecular weight is 257 g/mol. The molecule has 98 valence electrons. The Bertz CT molecular complexity index is 559. The van der Waals surface area contributed by atoms with E-state index in [1.165, 1.54) is 4.80 Å². The molecular formula is C13H15N5O. The lowest BCUT2D eigenvalue weighted by Crippen LogP contribution is -2.31. The second-order valence-electron chi connectivity index (χ2n) is 4.60. The van der Waals surface area contributed by atoms with Crippen molar-refractivity contribution in [3.05, 3.63) is 30.3 Å². The van der Waals surface area contributed by atoms with Crippen LogP contribution in [0.2, 0.25) is 0 Å². The minimum absolute atomic E-state index is 0.0644. The van der Waals surface area contributed by atoms with Gasteiger partial charge in [0.15, 0.2) is 0 Å². The number of aromatic nitrogens is 4. The summed E-state index contributed by atoms with van der Waals surface area (Å²) < 4.78 is 0. The van der Waals surface area contributed by atoms with Crippen molar-refractivity contribution in [2.45, 2.75) is 19.4 Å². The molecule has 1 amide bonds. The predicted octanol–water partition coefficient (Wildman–Crippen LogP) is 0.962. The topological polar surface area (TPSA) is 63.9 Å². The number of rotatable bonds is 3. The largest absolute Gasteiger partial charge is 0.341 e. The van der Waals surface area contributed by atoms with Gasteiger partial charge in [0, 0.05) is 18.7 Å². The molecule has 0 aliphatic carbocycles. The van der Waals surface area contributed by atoms with Gasteiger partial charge in [-0.2, -0.15) is 4.80 Å². The van der Waals surface area contributed by atoms with E-state index in [1.54, 1.807) is 0 Å². The molecule has 0 spiro atoms. The Morgan fingerprint density at radius 3 is 2.63 bits per heavy atom. The Morgan fingerprint density at radius 2 is 1.89 bits per heavy atom. The summed E-state index contributed by atoms with van der Waals surface area (Å²) in [7, 11) is 0. The van der Waals surface area contributed by atoms with E-state index >= 15 is 0 Å². The van der Waals surface area contributed by atoms with Gasteiger partial charge in [0.05, 0.1) is 0 Å². The summed E-state index contributed by atoms with van der Waals surface area (Å²) in [4.78, 5) is 15.2. The molecular weight excluding hydrogens is 242 g/mol. The van der Waals surface area contributed by atoms with E-state index in [1.807, 2.05) is 35.2 Å². The quantitative estimate of drug-likeness (QED) is 0.821. The minimum Gasteiger partial charge on any atom is -0.341 e. The Balaban J connectivity index is 1.70. The summed E-state index contributed by atoms with van der Waals surface area (Å²) in [5.74, 6) is 0.615. The first kappa shape index (κ1) is 11.8. The molecule has 1 aliphatic rings. The van der Waals surface area contributed by atoms with Crippen LogP contribution in [-0.2, 0) is 11.3 Å². The third-order valence-corrected chi connectivity index (χ3v) is 3.22. The third kappa shape index (κ3) is 2.62. The summed E-state index contributed by atoms with van der Waals surface area (Å²) in [5, 5.41) is 12.1. The molecule has 1 aliphatic heterocycles. The normalized spacial score (nSPS) is 14.8. The highest BCUT2D eigenvalue weighted by Gasteiger charge is 2.19. The van der Waals surface area contributed by atoms with E-state index in [-0.39, 0.29) is 12.5 Å². The summed E-state index contributed by atoms with van der Waals surface area (Å²) in [6.45, 7) is 1.86. The van der Waals surface area contributed by atoms with Crippen LogP contribution < -0.4 is 0 Å². The first-order chi connectivity index (χ1) is 9.33. The van der Waals surface area contributed by atoms with Crippen LogP contribution in [0, 0.1) is 0 Å². The molecule has 1 aromatic heterocycles. The van der Waals surface area contributed by atoms with Crippen LogP contribution in [0.1, 0.15) is 12.8 Å². The maximum absolute atomic E-state index is 12.0. The number of benzene rings is 1. The van der Waals surface area contributed by atoms with Crippen molar-refractivity contribution in [1.82, 2.24) is 25.1 Å². The predicted molar refractivity (Wildman–Crippen MR) is 69.1 cm³/mol. The lowest BCUT2D eigenvalue weighted by atomic mass is 10.2. The van der Waals surface area contributed by atoms with Crippen molar-refractivity contribution in [1.29, 1.82) is 0 Å². The van der Waals surface area contributed by atoms with Gasteiger partial charge in [0.1, 0.15) is 6.54 Å². The molecule has 0 radical (unpaired) electrons. The number of amides is 1. The third-order valence-electron chi connectivity index (χ3n) is 3.22. The van der Waals surface area contributed by atoms with E-state index in [0.29, 0.717) is 5.82 Å². The monoisotopic (exact) mass is 257 g/mol. The molecule has 1 saturated heterocycles. The van der Waals surface area contributed by atoms with E-state index in [2.05, 4.69) is 15.4 Å². The number of tetrazole rings is 1. The molecule has 0 saturated carbocycles. The zero-order valence-electron chi connectivity index (χ0n) is 10.6. The molecule has 6 heteroatoms. The average Bonchev–Trinajstić information content (AvgIpc) is 3.11. The lowest BCUT2D eigenvalue weighted by Gasteiger charge is -2.13. The van der Waals surface area contributed by atoms with Crippen molar-refractivity contribution in [3.8, 4) is 11.4 Å². The number of hydrogen-bond donors (Lipinski definition) is 0. The maximum atomic E-state index is 12.0. The highest BCUT2D eigenvalue weighted by Crippen LogP contribution is 2.12. The van der Waals surface area contributed by atoms with Gasteiger partial charge in [-0.15, -0.1) is 10.2 Å². The molecule has 2 heterocycles. The van der Waals surface area contributed by atoms with Gasteiger partial charge in [-0.05, 0) is 18.1 Å². The van der Waals surface area contributed by atoms with Crippen molar-refractivity contribution >= 4 is 5.91 Å². The first-order valence-corrected chi connectivity index (χ1v) is 6.44. The molecule has 1 fully saturated rings. The molecule has 1 aromatic carbocycles. The van der Waals surface area contributed by atoms with Gasteiger partial charge >= 0.3 is 0 Å². The minimum atomic E-state index is 0.0644. The zero-order chi connectivity index (χ0) is 13.1. The Hall–Kier alpha value is -2.24. The standard InChI is InChI=1S/C13H15N5O/c19-12(17-8-4-5-9-17)10-18-15-13(14-16-18)11-6-2-1-3-7-11/h1-3,6-7H,4-5,8-10H2. The molecule has 0 bridgehead atoms. The van der Waals surface area contributed by atoms with Gasteiger partial charge in [-0.3, -0.25) is 4.79 Å². The molecule has 19 heavy (non-hydrogen) atoms. The fourth-order valence-electron chi connectivity index (χ4n) is 2.20. The van der Waals surface area contributed by atoms with Crippen molar-refractivity contribution in [2.75, 3.05) is 13.1 Å². The van der Waals surface area contributed by atoms with Crippen LogP contribution in [-0.4, -0.2) is 44.1 Å². The van der Waals surface area contributed by atoms with Crippen LogP contribution in [0.15, 0.2) is 30.3 Å². The number of hydrogen-bond acceptors (Lipinski definition) is 4. The Kier molecular flexibility index (Phi) is 3.22. The Morgan fingerprint density at radius 1 is 1.16 bits per heavy atom. The fraction of sp³-hybridized carbons (Fsp3) is 0.385. The van der Waals surface area contributed by atoms with E-state index in [4.69, 9.17) is 0 Å². The second-order valence-corrected chi connectivity index (χ2v) is 4.60. The fourth-order valence-corrected chi connectivity index (χ4v) is 2.20. The van der Waals surface area contributed by atoms with Crippen LogP contribution >= 0.6 is 0 Å². The summed E-state index contributed by atoms with van der Waals surface area (Å²) in [5.41, 5.74) is 0.905. The highest BCUT2D eigenvalue weighted by molar-refractivity contribution is 5.76. The van der Waals surface area contributed by atoms with Crippen LogP contribution in [0.5, 0.6) is 0 Å². The van der Waals surface area contributed by atoms with Crippen molar-refractivity contribution in [3.63, 3.8) is 0 Å². The molecule has 3 rings (SSSR count). The van der Waals surface area contributed by atoms with Gasteiger partial charge < -0.3 is 4.90 Å². The summed E-state index contributed by atoms with van der Waals surface area (Å²) in [6.07, 6.45) is 2.18. The summed E-state index contributed by atoms with van der Waals surface area (Å²) >= 11 is 0. The smallest absolute Gasteiger partial charge is 0.246 e.